The van der Waals surface area contributed by atoms with Gasteiger partial charge in [0.05, 0.1) is 11.6 Å². The summed E-state index contributed by atoms with van der Waals surface area (Å²) >= 11 is 0. The average Bonchev–Trinajstić information content (AvgIpc) is 2.48. The fourth-order valence-electron chi connectivity index (χ4n) is 2.34. The molecule has 3 aromatic rings. The van der Waals surface area contributed by atoms with Crippen LogP contribution in [0.1, 0.15) is 22.9 Å². The standard InChI is InChI=1S/C17H16N2O/c1-12-6-7-14(11-19-12)17(20)10-13-8-9-18-16-5-3-2-4-15(13)16/h2-9,11,17,20H,10H2,1H3. The molecule has 20 heavy (non-hydrogen) atoms. The third-order valence-electron chi connectivity index (χ3n) is 3.47. The second kappa shape index (κ2) is 5.39. The van der Waals surface area contributed by atoms with Crippen LogP contribution < -0.4 is 0 Å². The molecule has 100 valence electrons. The van der Waals surface area contributed by atoms with E-state index in [9.17, 15) is 5.11 Å². The van der Waals surface area contributed by atoms with Gasteiger partial charge in [-0.05, 0) is 36.2 Å². The molecule has 0 amide bonds. The van der Waals surface area contributed by atoms with Crippen LogP contribution in [0.3, 0.4) is 0 Å². The van der Waals surface area contributed by atoms with Crippen LogP contribution in [0.5, 0.6) is 0 Å². The van der Waals surface area contributed by atoms with Gasteiger partial charge >= 0.3 is 0 Å². The van der Waals surface area contributed by atoms with E-state index < -0.39 is 6.10 Å². The lowest BCUT2D eigenvalue weighted by molar-refractivity contribution is 0.178. The molecule has 1 unspecified atom stereocenters. The maximum Gasteiger partial charge on any atom is 0.0845 e. The molecule has 0 saturated heterocycles. The second-order valence-electron chi connectivity index (χ2n) is 4.94. The minimum atomic E-state index is -0.547. The lowest BCUT2D eigenvalue weighted by atomic mass is 10.00. The maximum absolute atomic E-state index is 10.4. The Kier molecular flexibility index (Phi) is 3.44. The van der Waals surface area contributed by atoms with Crippen LogP contribution in [0.4, 0.5) is 0 Å². The average molecular weight is 264 g/mol. The molecular formula is C17H16N2O. The second-order valence-corrected chi connectivity index (χ2v) is 4.94. The summed E-state index contributed by atoms with van der Waals surface area (Å²) in [6.45, 7) is 1.94. The number of hydrogen-bond acceptors (Lipinski definition) is 3. The molecule has 1 N–H and O–H groups in total. The number of para-hydroxylation sites is 1. The van der Waals surface area contributed by atoms with Crippen molar-refractivity contribution >= 4 is 10.9 Å². The highest BCUT2D eigenvalue weighted by atomic mass is 16.3. The van der Waals surface area contributed by atoms with Crippen molar-refractivity contribution in [2.45, 2.75) is 19.4 Å². The van der Waals surface area contributed by atoms with Crippen molar-refractivity contribution < 1.29 is 5.11 Å². The molecular weight excluding hydrogens is 248 g/mol. The Labute approximate surface area is 117 Å². The Morgan fingerprint density at radius 2 is 1.90 bits per heavy atom. The molecule has 2 heterocycles. The minimum Gasteiger partial charge on any atom is -0.388 e. The zero-order valence-electron chi connectivity index (χ0n) is 11.3. The van der Waals surface area contributed by atoms with Crippen LogP contribution >= 0.6 is 0 Å². The van der Waals surface area contributed by atoms with Crippen molar-refractivity contribution in [3.8, 4) is 0 Å². The van der Waals surface area contributed by atoms with Gasteiger partial charge in [0.2, 0.25) is 0 Å². The summed E-state index contributed by atoms with van der Waals surface area (Å²) in [6.07, 6.45) is 3.54. The van der Waals surface area contributed by atoms with Crippen LogP contribution in [0.25, 0.3) is 10.9 Å². The normalized spacial score (nSPS) is 12.5. The SMILES string of the molecule is Cc1ccc(C(O)Cc2ccnc3ccccc23)cn1. The predicted octanol–water partition coefficient (Wildman–Crippen LogP) is 3.21. The molecule has 1 atom stereocenters. The van der Waals surface area contributed by atoms with Crippen molar-refractivity contribution in [2.75, 3.05) is 0 Å². The van der Waals surface area contributed by atoms with Gasteiger partial charge in [-0.15, -0.1) is 0 Å². The van der Waals surface area contributed by atoms with E-state index in [-0.39, 0.29) is 0 Å². The number of aliphatic hydroxyl groups excluding tert-OH is 1. The minimum absolute atomic E-state index is 0.547. The highest BCUT2D eigenvalue weighted by molar-refractivity contribution is 5.81. The number of aliphatic hydroxyl groups is 1. The Balaban J connectivity index is 1.91. The van der Waals surface area contributed by atoms with Crippen molar-refractivity contribution in [3.05, 3.63) is 71.7 Å². The molecule has 0 spiro atoms. The topological polar surface area (TPSA) is 46.0 Å². The van der Waals surface area contributed by atoms with Gasteiger partial charge in [-0.3, -0.25) is 9.97 Å². The van der Waals surface area contributed by atoms with Gasteiger partial charge in [0.15, 0.2) is 0 Å². The summed E-state index contributed by atoms with van der Waals surface area (Å²) in [5.41, 5.74) is 3.86. The summed E-state index contributed by atoms with van der Waals surface area (Å²) in [4.78, 5) is 8.57. The van der Waals surface area contributed by atoms with E-state index in [2.05, 4.69) is 9.97 Å². The third kappa shape index (κ3) is 2.53. The van der Waals surface area contributed by atoms with E-state index in [1.807, 2.05) is 49.4 Å². The molecule has 3 heteroatoms. The number of aromatic nitrogens is 2. The molecule has 0 radical (unpaired) electrons. The fraction of sp³-hybridized carbons (Fsp3) is 0.176. The first-order valence-corrected chi connectivity index (χ1v) is 6.67. The highest BCUT2D eigenvalue weighted by Gasteiger charge is 2.11. The molecule has 3 nitrogen and oxygen atoms in total. The van der Waals surface area contributed by atoms with Crippen LogP contribution in [-0.2, 0) is 6.42 Å². The zero-order chi connectivity index (χ0) is 13.9. The third-order valence-corrected chi connectivity index (χ3v) is 3.47. The number of fused-ring (bicyclic) bond motifs is 1. The smallest absolute Gasteiger partial charge is 0.0845 e. The van der Waals surface area contributed by atoms with Crippen LogP contribution in [0.15, 0.2) is 54.9 Å². The molecule has 0 aliphatic rings. The van der Waals surface area contributed by atoms with Gasteiger partial charge in [-0.25, -0.2) is 0 Å². The highest BCUT2D eigenvalue weighted by Crippen LogP contribution is 2.23. The number of pyridine rings is 2. The van der Waals surface area contributed by atoms with E-state index in [0.29, 0.717) is 6.42 Å². The zero-order valence-corrected chi connectivity index (χ0v) is 11.3. The van der Waals surface area contributed by atoms with Crippen LogP contribution in [0.2, 0.25) is 0 Å². The number of nitrogens with zero attached hydrogens (tertiary/aromatic N) is 2. The van der Waals surface area contributed by atoms with Crippen molar-refractivity contribution in [1.82, 2.24) is 9.97 Å². The molecule has 0 fully saturated rings. The van der Waals surface area contributed by atoms with Gasteiger partial charge in [-0.1, -0.05) is 24.3 Å². The molecule has 0 aliphatic heterocycles. The Bertz CT molecular complexity index is 717. The Morgan fingerprint density at radius 1 is 1.05 bits per heavy atom. The lowest BCUT2D eigenvalue weighted by Crippen LogP contribution is -2.03. The van der Waals surface area contributed by atoms with Crippen LogP contribution in [-0.4, -0.2) is 15.1 Å². The first kappa shape index (κ1) is 12.8. The van der Waals surface area contributed by atoms with Gasteiger partial charge in [0, 0.05) is 29.9 Å². The van der Waals surface area contributed by atoms with E-state index in [1.54, 1.807) is 12.4 Å². The van der Waals surface area contributed by atoms with Gasteiger partial charge < -0.3 is 5.11 Å². The van der Waals surface area contributed by atoms with Gasteiger partial charge in [0.25, 0.3) is 0 Å². The van der Waals surface area contributed by atoms with E-state index in [0.717, 1.165) is 27.7 Å². The van der Waals surface area contributed by atoms with E-state index in [1.165, 1.54) is 0 Å². The maximum atomic E-state index is 10.4. The largest absolute Gasteiger partial charge is 0.388 e. The molecule has 2 aromatic heterocycles. The molecule has 0 saturated carbocycles. The molecule has 1 aromatic carbocycles. The summed E-state index contributed by atoms with van der Waals surface area (Å²) in [5.74, 6) is 0. The summed E-state index contributed by atoms with van der Waals surface area (Å²) in [7, 11) is 0. The monoisotopic (exact) mass is 264 g/mol. The molecule has 0 aliphatic carbocycles. The summed E-state index contributed by atoms with van der Waals surface area (Å²) in [6, 6.07) is 13.8. The first-order valence-electron chi connectivity index (χ1n) is 6.67. The number of hydrogen-bond donors (Lipinski definition) is 1. The summed E-state index contributed by atoms with van der Waals surface area (Å²) < 4.78 is 0. The fourth-order valence-corrected chi connectivity index (χ4v) is 2.34. The lowest BCUT2D eigenvalue weighted by Gasteiger charge is -2.12. The van der Waals surface area contributed by atoms with Crippen molar-refractivity contribution in [3.63, 3.8) is 0 Å². The number of benzene rings is 1. The van der Waals surface area contributed by atoms with Gasteiger partial charge in [0.1, 0.15) is 0 Å². The molecule has 0 bridgehead atoms. The predicted molar refractivity (Wildman–Crippen MR) is 79.4 cm³/mol. The number of aryl methyl sites for hydroxylation is 1. The Morgan fingerprint density at radius 3 is 2.70 bits per heavy atom. The first-order chi connectivity index (χ1) is 9.74. The van der Waals surface area contributed by atoms with Crippen LogP contribution in [0, 0.1) is 6.92 Å². The van der Waals surface area contributed by atoms with Crippen molar-refractivity contribution in [1.29, 1.82) is 0 Å². The van der Waals surface area contributed by atoms with Gasteiger partial charge in [-0.2, -0.15) is 0 Å². The number of rotatable bonds is 3. The van der Waals surface area contributed by atoms with E-state index >= 15 is 0 Å². The quantitative estimate of drug-likeness (QED) is 0.790. The Hall–Kier alpha value is -2.26. The van der Waals surface area contributed by atoms with Crippen molar-refractivity contribution in [2.24, 2.45) is 0 Å². The van der Waals surface area contributed by atoms with E-state index in [4.69, 9.17) is 0 Å². The molecule has 3 rings (SSSR count). The summed E-state index contributed by atoms with van der Waals surface area (Å²) in [5, 5.41) is 11.5.